The molecule has 0 atom stereocenters. The third-order valence-electron chi connectivity index (χ3n) is 4.42. The van der Waals surface area contributed by atoms with E-state index in [0.29, 0.717) is 11.7 Å². The Balaban J connectivity index is 1.66. The van der Waals surface area contributed by atoms with E-state index in [1.54, 1.807) is 19.4 Å². The van der Waals surface area contributed by atoms with Crippen LogP contribution in [0.25, 0.3) is 17.3 Å². The van der Waals surface area contributed by atoms with Crippen molar-refractivity contribution in [1.82, 2.24) is 14.8 Å². The summed E-state index contributed by atoms with van der Waals surface area (Å²) in [7, 11) is 1.64. The number of hydrogen-bond acceptors (Lipinski definition) is 5. The third-order valence-corrected chi connectivity index (χ3v) is 5.10. The largest absolute Gasteiger partial charge is 0.496 e. The lowest BCUT2D eigenvalue weighted by Crippen LogP contribution is -2.07. The van der Waals surface area contributed by atoms with Gasteiger partial charge in [-0.25, -0.2) is 4.98 Å². The van der Waals surface area contributed by atoms with Gasteiger partial charge in [-0.05, 0) is 23.8 Å². The summed E-state index contributed by atoms with van der Waals surface area (Å²) in [6.45, 7) is 0.627. The van der Waals surface area contributed by atoms with Gasteiger partial charge in [0.1, 0.15) is 11.4 Å². The maximum Gasteiger partial charge on any atom is 0.250 e. The van der Waals surface area contributed by atoms with Crippen LogP contribution in [0.2, 0.25) is 0 Å². The molecule has 30 heavy (non-hydrogen) atoms. The van der Waals surface area contributed by atoms with Gasteiger partial charge in [0.2, 0.25) is 5.91 Å². The predicted octanol–water partition coefficient (Wildman–Crippen LogP) is 4.72. The zero-order valence-corrected chi connectivity index (χ0v) is 17.2. The van der Waals surface area contributed by atoms with E-state index in [1.807, 2.05) is 58.7 Å². The third kappa shape index (κ3) is 4.64. The van der Waals surface area contributed by atoms with Crippen LogP contribution in [0.15, 0.2) is 78.4 Å². The Bertz CT molecular complexity index is 1150. The molecule has 0 aliphatic carbocycles. The number of nitrogens with zero attached hydrogens (tertiary/aromatic N) is 3. The minimum Gasteiger partial charge on any atom is -0.496 e. The van der Waals surface area contributed by atoms with Crippen LogP contribution in [0.1, 0.15) is 11.1 Å². The second kappa shape index (κ2) is 9.19. The molecule has 4 rings (SSSR count). The van der Waals surface area contributed by atoms with Crippen LogP contribution in [0.4, 0.5) is 5.13 Å². The van der Waals surface area contributed by atoms with Crippen molar-refractivity contribution < 1.29 is 9.53 Å². The lowest BCUT2D eigenvalue weighted by molar-refractivity contribution is -0.111. The van der Waals surface area contributed by atoms with Crippen molar-refractivity contribution in [2.45, 2.75) is 6.54 Å². The molecular weight excluding hydrogens is 396 g/mol. The molecule has 0 spiro atoms. The molecule has 150 valence electrons. The predicted molar refractivity (Wildman–Crippen MR) is 120 cm³/mol. The molecule has 0 aliphatic rings. The average molecular weight is 417 g/mol. The monoisotopic (exact) mass is 416 g/mol. The van der Waals surface area contributed by atoms with E-state index < -0.39 is 0 Å². The topological polar surface area (TPSA) is 69.0 Å². The Kier molecular flexibility index (Phi) is 6.01. The number of para-hydroxylation sites is 1. The summed E-state index contributed by atoms with van der Waals surface area (Å²) < 4.78 is 7.39. The van der Waals surface area contributed by atoms with Crippen molar-refractivity contribution in [3.8, 4) is 17.0 Å². The quantitative estimate of drug-likeness (QED) is 0.443. The number of thiazole rings is 1. The van der Waals surface area contributed by atoms with Crippen LogP contribution in [0.5, 0.6) is 5.75 Å². The first-order valence-corrected chi connectivity index (χ1v) is 10.2. The van der Waals surface area contributed by atoms with Gasteiger partial charge in [-0.2, -0.15) is 5.10 Å². The van der Waals surface area contributed by atoms with Crippen molar-refractivity contribution in [2.75, 3.05) is 12.4 Å². The van der Waals surface area contributed by atoms with Crippen molar-refractivity contribution >= 4 is 28.5 Å². The van der Waals surface area contributed by atoms with Crippen LogP contribution < -0.4 is 10.1 Å². The van der Waals surface area contributed by atoms with E-state index >= 15 is 0 Å². The fraction of sp³-hybridized carbons (Fsp3) is 0.0870. The molecule has 0 radical (unpaired) electrons. The van der Waals surface area contributed by atoms with Gasteiger partial charge in [0.05, 0.1) is 13.7 Å². The van der Waals surface area contributed by atoms with E-state index in [-0.39, 0.29) is 5.91 Å². The molecule has 0 bridgehead atoms. The van der Waals surface area contributed by atoms with E-state index in [0.717, 1.165) is 28.1 Å². The first kappa shape index (κ1) is 19.6. The summed E-state index contributed by atoms with van der Waals surface area (Å²) >= 11 is 1.37. The number of ether oxygens (including phenoxy) is 1. The number of methoxy groups -OCH3 is 1. The Labute approximate surface area is 178 Å². The molecule has 0 fully saturated rings. The molecule has 4 aromatic rings. The molecule has 0 aliphatic heterocycles. The second-order valence-corrected chi connectivity index (χ2v) is 7.37. The summed E-state index contributed by atoms with van der Waals surface area (Å²) in [6.07, 6.45) is 6.84. The number of nitrogens with one attached hydrogen (secondary N) is 1. The highest BCUT2D eigenvalue weighted by Crippen LogP contribution is 2.31. The van der Waals surface area contributed by atoms with Crippen molar-refractivity contribution in [3.05, 3.63) is 89.6 Å². The Hall–Kier alpha value is -3.71. The Morgan fingerprint density at radius 1 is 1.17 bits per heavy atom. The van der Waals surface area contributed by atoms with Gasteiger partial charge in [0.25, 0.3) is 0 Å². The summed E-state index contributed by atoms with van der Waals surface area (Å²) in [5.41, 5.74) is 3.59. The minimum absolute atomic E-state index is 0.244. The first-order valence-electron chi connectivity index (χ1n) is 9.36. The number of amides is 1. The van der Waals surface area contributed by atoms with Crippen LogP contribution in [-0.2, 0) is 11.3 Å². The highest BCUT2D eigenvalue weighted by Gasteiger charge is 2.14. The number of aromatic nitrogens is 3. The van der Waals surface area contributed by atoms with Gasteiger partial charge in [0, 0.05) is 35.0 Å². The summed E-state index contributed by atoms with van der Waals surface area (Å²) in [6, 6.07) is 17.8. The number of carbonyl (C=O) groups excluding carboxylic acids is 1. The number of anilines is 1. The van der Waals surface area contributed by atoms with Crippen LogP contribution in [0, 0.1) is 0 Å². The van der Waals surface area contributed by atoms with Gasteiger partial charge in [-0.3, -0.25) is 14.8 Å². The lowest BCUT2D eigenvalue weighted by Gasteiger charge is -2.06. The van der Waals surface area contributed by atoms with Gasteiger partial charge in [-0.1, -0.05) is 42.5 Å². The van der Waals surface area contributed by atoms with Gasteiger partial charge >= 0.3 is 0 Å². The molecule has 2 aromatic heterocycles. The van der Waals surface area contributed by atoms with Crippen molar-refractivity contribution in [3.63, 3.8) is 0 Å². The maximum atomic E-state index is 12.3. The molecule has 1 N–H and O–H groups in total. The number of benzene rings is 2. The van der Waals surface area contributed by atoms with Crippen molar-refractivity contribution in [1.29, 1.82) is 0 Å². The molecular formula is C23H20N4O2S. The molecule has 6 nitrogen and oxygen atoms in total. The first-order chi connectivity index (χ1) is 14.7. The SMILES string of the molecule is COc1ccccc1-c1nn(Cc2ccccc2)cc1/C=C/C(=O)Nc1nccs1. The van der Waals surface area contributed by atoms with Crippen LogP contribution >= 0.6 is 11.3 Å². The highest BCUT2D eigenvalue weighted by molar-refractivity contribution is 7.13. The van der Waals surface area contributed by atoms with Crippen LogP contribution in [-0.4, -0.2) is 27.8 Å². The van der Waals surface area contributed by atoms with Gasteiger partial charge < -0.3 is 4.74 Å². The minimum atomic E-state index is -0.244. The van der Waals surface area contributed by atoms with Crippen molar-refractivity contribution in [2.24, 2.45) is 0 Å². The number of carbonyl (C=O) groups is 1. The standard InChI is InChI=1S/C23H20N4O2S/c1-29-20-10-6-5-9-19(20)22-18(11-12-21(28)25-23-24-13-14-30-23)16-27(26-22)15-17-7-3-2-4-8-17/h2-14,16H,15H2,1H3,(H,24,25,28)/b12-11+. The Morgan fingerprint density at radius 3 is 2.73 bits per heavy atom. The normalized spacial score (nSPS) is 11.0. The summed E-state index contributed by atoms with van der Waals surface area (Å²) in [5.74, 6) is 0.482. The van der Waals surface area contributed by atoms with Gasteiger partial charge in [-0.15, -0.1) is 11.3 Å². The van der Waals surface area contributed by atoms with E-state index in [2.05, 4.69) is 22.4 Å². The number of rotatable bonds is 7. The zero-order chi connectivity index (χ0) is 20.8. The van der Waals surface area contributed by atoms with Gasteiger partial charge in [0.15, 0.2) is 5.13 Å². The molecule has 2 aromatic carbocycles. The molecule has 0 unspecified atom stereocenters. The van der Waals surface area contributed by atoms with E-state index in [1.165, 1.54) is 17.4 Å². The average Bonchev–Trinajstić information content (AvgIpc) is 3.43. The number of hydrogen-bond donors (Lipinski definition) is 1. The summed E-state index contributed by atoms with van der Waals surface area (Å²) in [4.78, 5) is 16.3. The second-order valence-electron chi connectivity index (χ2n) is 6.48. The molecule has 0 saturated heterocycles. The fourth-order valence-electron chi connectivity index (χ4n) is 3.06. The molecule has 2 heterocycles. The maximum absolute atomic E-state index is 12.3. The molecule has 0 saturated carbocycles. The molecule has 1 amide bonds. The van der Waals surface area contributed by atoms with Crippen LogP contribution in [0.3, 0.4) is 0 Å². The van der Waals surface area contributed by atoms with E-state index in [9.17, 15) is 4.79 Å². The smallest absolute Gasteiger partial charge is 0.250 e. The summed E-state index contributed by atoms with van der Waals surface area (Å²) in [5, 5.41) is 9.91. The molecule has 7 heteroatoms. The Morgan fingerprint density at radius 2 is 1.97 bits per heavy atom. The lowest BCUT2D eigenvalue weighted by atomic mass is 10.1. The fourth-order valence-corrected chi connectivity index (χ4v) is 3.59. The zero-order valence-electron chi connectivity index (χ0n) is 16.4. The highest BCUT2D eigenvalue weighted by atomic mass is 32.1. The van der Waals surface area contributed by atoms with E-state index in [4.69, 9.17) is 9.84 Å².